The van der Waals surface area contributed by atoms with Crippen LogP contribution in [0.4, 0.5) is 11.4 Å². The van der Waals surface area contributed by atoms with Crippen molar-refractivity contribution in [2.45, 2.75) is 6.54 Å². The van der Waals surface area contributed by atoms with E-state index in [1.54, 1.807) is 66.4 Å². The van der Waals surface area contributed by atoms with Crippen molar-refractivity contribution in [1.82, 2.24) is 4.90 Å². The molecule has 2 aromatic carbocycles. The second kappa shape index (κ2) is 7.93. The molecule has 0 radical (unpaired) electrons. The van der Waals surface area contributed by atoms with Gasteiger partial charge in [0, 0.05) is 26.7 Å². The van der Waals surface area contributed by atoms with Crippen LogP contribution in [0.2, 0.25) is 0 Å². The lowest BCUT2D eigenvalue weighted by Gasteiger charge is -2.23. The topological polar surface area (TPSA) is 90.5 Å². The average molecular weight is 338 g/mol. The van der Waals surface area contributed by atoms with Crippen LogP contribution in [0.15, 0.2) is 48.5 Å². The van der Waals surface area contributed by atoms with Crippen LogP contribution in [0.5, 0.6) is 0 Å². The van der Waals surface area contributed by atoms with E-state index in [-0.39, 0.29) is 18.1 Å². The van der Waals surface area contributed by atoms with Crippen molar-refractivity contribution >= 4 is 17.3 Å². The van der Waals surface area contributed by atoms with Gasteiger partial charge >= 0.3 is 0 Å². The molecule has 0 aliphatic heterocycles. The Bertz CT molecular complexity index is 812. The molecule has 128 valence electrons. The highest BCUT2D eigenvalue weighted by Gasteiger charge is 2.19. The Morgan fingerprint density at radius 1 is 1.16 bits per heavy atom. The van der Waals surface area contributed by atoms with E-state index in [9.17, 15) is 14.9 Å². The first-order chi connectivity index (χ1) is 11.9. The van der Waals surface area contributed by atoms with Gasteiger partial charge in [0.05, 0.1) is 23.1 Å². The van der Waals surface area contributed by atoms with Crippen molar-refractivity contribution in [2.24, 2.45) is 0 Å². The molecule has 0 saturated carbocycles. The number of carbonyl (C=O) groups excluding carboxylic acids is 1. The molecule has 0 aliphatic carbocycles. The summed E-state index contributed by atoms with van der Waals surface area (Å²) in [7, 11) is 3.32. The fraction of sp³-hybridized carbons (Fsp3) is 0.222. The van der Waals surface area contributed by atoms with Crippen LogP contribution >= 0.6 is 0 Å². The maximum absolute atomic E-state index is 12.4. The summed E-state index contributed by atoms with van der Waals surface area (Å²) >= 11 is 0. The quantitative estimate of drug-likeness (QED) is 0.596. The van der Waals surface area contributed by atoms with Crippen molar-refractivity contribution in [3.63, 3.8) is 0 Å². The van der Waals surface area contributed by atoms with E-state index < -0.39 is 4.92 Å². The van der Waals surface area contributed by atoms with Crippen molar-refractivity contribution in [3.05, 3.63) is 69.8 Å². The maximum Gasteiger partial charge on any atom is 0.292 e. The molecule has 0 atom stereocenters. The van der Waals surface area contributed by atoms with Crippen LogP contribution in [0.1, 0.15) is 11.1 Å². The minimum absolute atomic E-state index is 0.0254. The Morgan fingerprint density at radius 2 is 1.80 bits per heavy atom. The van der Waals surface area contributed by atoms with Gasteiger partial charge in [0.1, 0.15) is 5.69 Å². The van der Waals surface area contributed by atoms with Gasteiger partial charge in [-0.05, 0) is 23.8 Å². The lowest BCUT2D eigenvalue weighted by molar-refractivity contribution is -0.384. The van der Waals surface area contributed by atoms with Gasteiger partial charge in [0.25, 0.3) is 5.69 Å². The SMILES string of the molecule is CN(Cc1ccc(C#N)cc1)C(=O)CN(C)c1ccccc1[N+](=O)[O-]. The molecule has 0 aliphatic rings. The summed E-state index contributed by atoms with van der Waals surface area (Å²) in [4.78, 5) is 26.1. The van der Waals surface area contributed by atoms with E-state index in [2.05, 4.69) is 0 Å². The highest BCUT2D eigenvalue weighted by molar-refractivity contribution is 5.82. The highest BCUT2D eigenvalue weighted by atomic mass is 16.6. The van der Waals surface area contributed by atoms with Crippen LogP contribution in [-0.2, 0) is 11.3 Å². The number of benzene rings is 2. The van der Waals surface area contributed by atoms with E-state index in [0.717, 1.165) is 5.56 Å². The number of rotatable bonds is 6. The third-order valence-electron chi connectivity index (χ3n) is 3.79. The second-order valence-corrected chi connectivity index (χ2v) is 5.66. The molecule has 0 saturated heterocycles. The van der Waals surface area contributed by atoms with Crippen LogP contribution in [0.25, 0.3) is 0 Å². The molecule has 2 rings (SSSR count). The number of nitro benzene ring substituents is 1. The Morgan fingerprint density at radius 3 is 2.40 bits per heavy atom. The van der Waals surface area contributed by atoms with Crippen molar-refractivity contribution < 1.29 is 9.72 Å². The number of hydrogen-bond acceptors (Lipinski definition) is 5. The van der Waals surface area contributed by atoms with Crippen LogP contribution in [0.3, 0.4) is 0 Å². The molecule has 0 spiro atoms. The summed E-state index contributed by atoms with van der Waals surface area (Å²) in [6, 6.07) is 15.4. The Hall–Kier alpha value is -3.40. The predicted octanol–water partition coefficient (Wildman–Crippen LogP) is 2.56. The number of nitro groups is 1. The fourth-order valence-electron chi connectivity index (χ4n) is 2.40. The molecule has 2 aromatic rings. The van der Waals surface area contributed by atoms with E-state index in [1.807, 2.05) is 6.07 Å². The number of carbonyl (C=O) groups is 1. The van der Waals surface area contributed by atoms with Gasteiger partial charge in [-0.15, -0.1) is 0 Å². The Labute approximate surface area is 145 Å². The largest absolute Gasteiger partial charge is 0.360 e. The number of amides is 1. The average Bonchev–Trinajstić information content (AvgIpc) is 2.62. The first kappa shape index (κ1) is 17.9. The molecule has 0 fully saturated rings. The first-order valence-electron chi connectivity index (χ1n) is 7.60. The molecule has 0 heterocycles. The maximum atomic E-state index is 12.4. The van der Waals surface area contributed by atoms with Gasteiger partial charge in [-0.2, -0.15) is 5.26 Å². The zero-order chi connectivity index (χ0) is 18.4. The van der Waals surface area contributed by atoms with Crippen LogP contribution in [0, 0.1) is 21.4 Å². The summed E-state index contributed by atoms with van der Waals surface area (Å²) < 4.78 is 0. The number of anilines is 1. The summed E-state index contributed by atoms with van der Waals surface area (Å²) in [6.07, 6.45) is 0. The molecular weight excluding hydrogens is 320 g/mol. The number of hydrogen-bond donors (Lipinski definition) is 0. The Kier molecular flexibility index (Phi) is 5.69. The van der Waals surface area contributed by atoms with Crippen molar-refractivity contribution in [2.75, 3.05) is 25.5 Å². The van der Waals surface area contributed by atoms with Gasteiger partial charge in [-0.3, -0.25) is 14.9 Å². The van der Waals surface area contributed by atoms with Crippen LogP contribution in [-0.4, -0.2) is 36.4 Å². The van der Waals surface area contributed by atoms with Crippen molar-refractivity contribution in [1.29, 1.82) is 5.26 Å². The lowest BCUT2D eigenvalue weighted by atomic mass is 10.1. The summed E-state index contributed by atoms with van der Waals surface area (Å²) in [5.41, 5.74) is 1.83. The standard InChI is InChI=1S/C18H18N4O3/c1-20(16-5-3-4-6-17(16)22(24)25)13-18(23)21(2)12-15-9-7-14(11-19)8-10-15/h3-10H,12-13H2,1-2H3. The molecule has 1 amide bonds. The molecule has 0 unspecified atom stereocenters. The number of nitriles is 1. The third kappa shape index (κ3) is 4.54. The molecule has 0 aromatic heterocycles. The molecule has 0 N–H and O–H groups in total. The van der Waals surface area contributed by atoms with E-state index in [4.69, 9.17) is 5.26 Å². The summed E-state index contributed by atoms with van der Waals surface area (Å²) in [5.74, 6) is -0.162. The zero-order valence-corrected chi connectivity index (χ0v) is 14.0. The number of likely N-dealkylation sites (N-methyl/N-ethyl adjacent to an activating group) is 2. The minimum Gasteiger partial charge on any atom is -0.360 e. The van der Waals surface area contributed by atoms with Gasteiger partial charge in [-0.25, -0.2) is 0 Å². The fourth-order valence-corrected chi connectivity index (χ4v) is 2.40. The van der Waals surface area contributed by atoms with Gasteiger partial charge in [0.15, 0.2) is 0 Å². The molecule has 0 bridgehead atoms. The van der Waals surface area contributed by atoms with Crippen molar-refractivity contribution in [3.8, 4) is 6.07 Å². The normalized spacial score (nSPS) is 9.96. The summed E-state index contributed by atoms with van der Waals surface area (Å²) in [5, 5.41) is 19.9. The second-order valence-electron chi connectivity index (χ2n) is 5.66. The van der Waals surface area contributed by atoms with Crippen LogP contribution < -0.4 is 4.90 Å². The lowest BCUT2D eigenvalue weighted by Crippen LogP contribution is -2.36. The van der Waals surface area contributed by atoms with E-state index >= 15 is 0 Å². The summed E-state index contributed by atoms with van der Waals surface area (Å²) in [6.45, 7) is 0.424. The molecule has 7 heteroatoms. The molecule has 25 heavy (non-hydrogen) atoms. The van der Waals surface area contributed by atoms with Gasteiger partial charge in [0.2, 0.25) is 5.91 Å². The Balaban J connectivity index is 2.03. The smallest absolute Gasteiger partial charge is 0.292 e. The first-order valence-corrected chi connectivity index (χ1v) is 7.60. The molecular formula is C18H18N4O3. The number of nitrogens with zero attached hydrogens (tertiary/aromatic N) is 4. The minimum atomic E-state index is -0.462. The number of para-hydroxylation sites is 2. The van der Waals surface area contributed by atoms with Gasteiger partial charge < -0.3 is 9.80 Å². The highest BCUT2D eigenvalue weighted by Crippen LogP contribution is 2.26. The third-order valence-corrected chi connectivity index (χ3v) is 3.79. The van der Waals surface area contributed by atoms with E-state index in [0.29, 0.717) is 17.8 Å². The monoisotopic (exact) mass is 338 g/mol. The predicted molar refractivity (Wildman–Crippen MR) is 94.0 cm³/mol. The molecule has 7 nitrogen and oxygen atoms in total. The zero-order valence-electron chi connectivity index (χ0n) is 14.0. The van der Waals surface area contributed by atoms with Gasteiger partial charge in [-0.1, -0.05) is 24.3 Å². The van der Waals surface area contributed by atoms with E-state index in [1.165, 1.54) is 6.07 Å².